The van der Waals surface area contributed by atoms with Crippen LogP contribution in [0.5, 0.6) is 0 Å². The summed E-state index contributed by atoms with van der Waals surface area (Å²) in [5.74, 6) is -0.821. The minimum atomic E-state index is -0.821. The lowest BCUT2D eigenvalue weighted by Gasteiger charge is -2.37. The molecule has 4 rings (SSSR count). The first-order valence-electron chi connectivity index (χ1n) is 11.0. The van der Waals surface area contributed by atoms with E-state index in [1.165, 1.54) is 0 Å². The van der Waals surface area contributed by atoms with Crippen molar-refractivity contribution in [1.82, 2.24) is 14.8 Å². The maximum absolute atomic E-state index is 13.7. The van der Waals surface area contributed by atoms with Crippen molar-refractivity contribution in [2.45, 2.75) is 45.3 Å². The van der Waals surface area contributed by atoms with E-state index in [9.17, 15) is 24.1 Å². The molecule has 1 amide bonds. The van der Waals surface area contributed by atoms with Gasteiger partial charge >= 0.3 is 6.09 Å². The van der Waals surface area contributed by atoms with Gasteiger partial charge in [0, 0.05) is 37.9 Å². The first-order chi connectivity index (χ1) is 15.5. The number of fused-ring (bicyclic) bond motifs is 1. The quantitative estimate of drug-likeness (QED) is 0.555. The number of hydrogen-bond acceptors (Lipinski definition) is 6. The van der Waals surface area contributed by atoms with Crippen molar-refractivity contribution in [3.8, 4) is 0 Å². The molecule has 0 bridgehead atoms. The summed E-state index contributed by atoms with van der Waals surface area (Å²) < 4.78 is 19.2. The van der Waals surface area contributed by atoms with E-state index in [2.05, 4.69) is 16.0 Å². The summed E-state index contributed by atoms with van der Waals surface area (Å²) in [5, 5.41) is 11.5. The second-order valence-electron chi connectivity index (χ2n) is 9.46. The van der Waals surface area contributed by atoms with Gasteiger partial charge in [-0.1, -0.05) is 6.08 Å². The summed E-state index contributed by atoms with van der Waals surface area (Å²) in [5.41, 5.74) is -0.106. The summed E-state index contributed by atoms with van der Waals surface area (Å²) in [4.78, 5) is 42.3. The number of piperazine rings is 1. The van der Waals surface area contributed by atoms with Gasteiger partial charge in [-0.25, -0.2) is 9.18 Å². The van der Waals surface area contributed by atoms with Crippen LogP contribution >= 0.6 is 0 Å². The third-order valence-corrected chi connectivity index (χ3v) is 5.99. The number of halogens is 1. The number of nitro benzene ring substituents is 1. The standard InChI is InChI=1S/C23H27FN4O5/c1-23(2,3)33-22(30)27-8-6-26(7-9-27)16-5-4-14(10-16)19-13-17-18(21(29)25-19)11-15(24)12-20(17)28(31)32/h10-13,16H,4-9H2,1-3H3,(H,25,29)/t16-/m1/s1. The Kier molecular flexibility index (Phi) is 5.96. The van der Waals surface area contributed by atoms with Crippen molar-refractivity contribution in [3.63, 3.8) is 0 Å². The van der Waals surface area contributed by atoms with Crippen LogP contribution in [0.3, 0.4) is 0 Å². The van der Waals surface area contributed by atoms with E-state index in [1.807, 2.05) is 20.8 Å². The Bertz CT molecular complexity index is 1190. The zero-order valence-electron chi connectivity index (χ0n) is 18.9. The van der Waals surface area contributed by atoms with Gasteiger partial charge in [-0.2, -0.15) is 0 Å². The lowest BCUT2D eigenvalue weighted by atomic mass is 10.1. The Morgan fingerprint density at radius 1 is 1.18 bits per heavy atom. The summed E-state index contributed by atoms with van der Waals surface area (Å²) in [6, 6.07) is 3.55. The molecule has 0 spiro atoms. The van der Waals surface area contributed by atoms with Crippen molar-refractivity contribution in [1.29, 1.82) is 0 Å². The lowest BCUT2D eigenvalue weighted by molar-refractivity contribution is -0.383. The van der Waals surface area contributed by atoms with Crippen LogP contribution in [0.2, 0.25) is 0 Å². The fourth-order valence-electron chi connectivity index (χ4n) is 4.41. The highest BCUT2D eigenvalue weighted by atomic mass is 19.1. The molecule has 0 unspecified atom stereocenters. The number of non-ortho nitro benzene ring substituents is 1. The molecule has 0 saturated carbocycles. The smallest absolute Gasteiger partial charge is 0.410 e. The number of allylic oxidation sites excluding steroid dienone is 1. The number of ether oxygens (including phenoxy) is 1. The first kappa shape index (κ1) is 22.9. The van der Waals surface area contributed by atoms with E-state index in [0.717, 1.165) is 24.1 Å². The third-order valence-electron chi connectivity index (χ3n) is 5.99. The van der Waals surface area contributed by atoms with Crippen LogP contribution in [0.1, 0.15) is 39.3 Å². The predicted molar refractivity (Wildman–Crippen MR) is 122 cm³/mol. The zero-order chi connectivity index (χ0) is 23.9. The van der Waals surface area contributed by atoms with Crippen LogP contribution in [0.4, 0.5) is 14.9 Å². The number of carbonyl (C=O) groups excluding carboxylic acids is 1. The summed E-state index contributed by atoms with van der Waals surface area (Å²) in [7, 11) is 0. The molecule has 1 N–H and O–H groups in total. The third kappa shape index (κ3) is 4.90. The van der Waals surface area contributed by atoms with Crippen LogP contribution in [0.25, 0.3) is 16.3 Å². The average molecular weight is 458 g/mol. The van der Waals surface area contributed by atoms with E-state index >= 15 is 0 Å². The Morgan fingerprint density at radius 2 is 1.88 bits per heavy atom. The number of rotatable bonds is 3. The number of nitrogens with one attached hydrogen (secondary N) is 1. The second kappa shape index (κ2) is 8.58. The first-order valence-corrected chi connectivity index (χ1v) is 11.0. The number of H-pyrrole nitrogens is 1. The predicted octanol–water partition coefficient (Wildman–Crippen LogP) is 3.67. The van der Waals surface area contributed by atoms with Crippen molar-refractivity contribution in [3.05, 3.63) is 56.3 Å². The molecule has 9 nitrogen and oxygen atoms in total. The summed E-state index contributed by atoms with van der Waals surface area (Å²) in [6.07, 6.45) is 3.30. The number of hydrogen-bond donors (Lipinski definition) is 1. The van der Waals surface area contributed by atoms with Gasteiger partial charge < -0.3 is 14.6 Å². The number of aromatic nitrogens is 1. The highest BCUT2D eigenvalue weighted by Crippen LogP contribution is 2.33. The molecule has 2 aromatic rings. The van der Waals surface area contributed by atoms with Crippen LogP contribution in [0, 0.1) is 15.9 Å². The molecule has 2 aliphatic rings. The molecule has 1 atom stereocenters. The average Bonchev–Trinajstić information content (AvgIpc) is 3.23. The zero-order valence-corrected chi connectivity index (χ0v) is 18.9. The number of benzene rings is 1. The second-order valence-corrected chi connectivity index (χ2v) is 9.46. The van der Waals surface area contributed by atoms with E-state index in [4.69, 9.17) is 4.74 Å². The number of carbonyl (C=O) groups is 1. The van der Waals surface area contributed by atoms with E-state index < -0.39 is 27.6 Å². The number of pyridine rings is 1. The normalized spacial score (nSPS) is 19.6. The highest BCUT2D eigenvalue weighted by molar-refractivity contribution is 5.92. The molecule has 2 heterocycles. The monoisotopic (exact) mass is 458 g/mol. The van der Waals surface area contributed by atoms with Gasteiger partial charge in [0.25, 0.3) is 11.2 Å². The minimum Gasteiger partial charge on any atom is -0.444 e. The van der Waals surface area contributed by atoms with Gasteiger partial charge in [-0.05, 0) is 51.3 Å². The molecule has 1 fully saturated rings. The number of nitro groups is 1. The topological polar surface area (TPSA) is 109 Å². The Morgan fingerprint density at radius 3 is 2.52 bits per heavy atom. The molecule has 176 valence electrons. The Balaban J connectivity index is 1.51. The molecule has 1 saturated heterocycles. The molecule has 1 aliphatic carbocycles. The van der Waals surface area contributed by atoms with Gasteiger partial charge in [0.1, 0.15) is 11.4 Å². The van der Waals surface area contributed by atoms with Gasteiger partial charge in [-0.3, -0.25) is 19.8 Å². The minimum absolute atomic E-state index is 0.0427. The van der Waals surface area contributed by atoms with Gasteiger partial charge in [0.2, 0.25) is 0 Å². The molecule has 10 heteroatoms. The highest BCUT2D eigenvalue weighted by Gasteiger charge is 2.30. The maximum atomic E-state index is 13.7. The molecule has 1 aromatic carbocycles. The van der Waals surface area contributed by atoms with Gasteiger partial charge in [0.15, 0.2) is 0 Å². The van der Waals surface area contributed by atoms with Crippen molar-refractivity contribution in [2.75, 3.05) is 26.2 Å². The molecule has 1 aromatic heterocycles. The van der Waals surface area contributed by atoms with Crippen molar-refractivity contribution in [2.24, 2.45) is 0 Å². The van der Waals surface area contributed by atoms with E-state index in [-0.39, 0.29) is 22.9 Å². The largest absolute Gasteiger partial charge is 0.444 e. The molecule has 0 radical (unpaired) electrons. The lowest BCUT2D eigenvalue weighted by Crippen LogP contribution is -2.52. The van der Waals surface area contributed by atoms with Crippen LogP contribution < -0.4 is 5.56 Å². The maximum Gasteiger partial charge on any atom is 0.410 e. The number of nitrogens with zero attached hydrogens (tertiary/aromatic N) is 3. The van der Waals surface area contributed by atoms with Crippen LogP contribution in [-0.2, 0) is 4.74 Å². The molecular formula is C23H27FN4O5. The van der Waals surface area contributed by atoms with Gasteiger partial charge in [-0.15, -0.1) is 0 Å². The Labute approximate surface area is 190 Å². The summed E-state index contributed by atoms with van der Waals surface area (Å²) >= 11 is 0. The number of aromatic amines is 1. The molecular weight excluding hydrogens is 431 g/mol. The fourth-order valence-corrected chi connectivity index (χ4v) is 4.41. The van der Waals surface area contributed by atoms with Gasteiger partial charge in [0.05, 0.1) is 21.8 Å². The van der Waals surface area contributed by atoms with Crippen LogP contribution in [0.15, 0.2) is 29.1 Å². The Hall–Kier alpha value is -3.27. The van der Waals surface area contributed by atoms with Crippen molar-refractivity contribution < 1.29 is 18.8 Å². The van der Waals surface area contributed by atoms with Crippen LogP contribution in [-0.4, -0.2) is 63.6 Å². The molecule has 1 aliphatic heterocycles. The SMILES string of the molecule is CC(C)(C)OC(=O)N1CCN([C@H]2C=C(c3cc4c([N+](=O)[O-])cc(F)cc4c(=O)[nH]3)CC2)CC1. The van der Waals surface area contributed by atoms with E-state index in [0.29, 0.717) is 38.3 Å². The molecule has 33 heavy (non-hydrogen) atoms. The van der Waals surface area contributed by atoms with Crippen molar-refractivity contribution >= 4 is 28.1 Å². The fraction of sp³-hybridized carbons (Fsp3) is 0.478. The number of amides is 1. The summed E-state index contributed by atoms with van der Waals surface area (Å²) in [6.45, 7) is 8.06. The van der Waals surface area contributed by atoms with E-state index in [1.54, 1.807) is 11.0 Å².